The smallest absolute Gasteiger partial charge is 0.347 e. The zero-order chi connectivity index (χ0) is 14.8. The van der Waals surface area contributed by atoms with Crippen LogP contribution in [0.1, 0.15) is 6.92 Å². The SMILES string of the molecule is C=C(C)C(=O)OC#N.c1ccc(-c2ccccc2)cc1. The fraction of sp³-hybridized carbons (Fsp3) is 0.0588. The highest BCUT2D eigenvalue weighted by molar-refractivity contribution is 5.87. The summed E-state index contributed by atoms with van der Waals surface area (Å²) in [5.74, 6) is -0.674. The molecule has 0 aliphatic carbocycles. The molecule has 2 rings (SSSR count). The highest BCUT2D eigenvalue weighted by atomic mass is 16.5. The first-order valence-corrected chi connectivity index (χ1v) is 6.01. The summed E-state index contributed by atoms with van der Waals surface area (Å²) >= 11 is 0. The minimum Gasteiger partial charge on any atom is -0.347 e. The maximum absolute atomic E-state index is 10.2. The summed E-state index contributed by atoms with van der Waals surface area (Å²) in [6, 6.07) is 20.8. The molecule has 0 spiro atoms. The van der Waals surface area contributed by atoms with E-state index < -0.39 is 5.97 Å². The Kier molecular flexibility index (Phi) is 6.29. The maximum atomic E-state index is 10.2. The Hall–Kier alpha value is -2.86. The second kappa shape index (κ2) is 8.28. The molecule has 0 bridgehead atoms. The van der Waals surface area contributed by atoms with Crippen molar-refractivity contribution in [2.45, 2.75) is 6.92 Å². The molecule has 0 radical (unpaired) electrons. The molecule has 20 heavy (non-hydrogen) atoms. The van der Waals surface area contributed by atoms with Crippen LogP contribution in [0.2, 0.25) is 0 Å². The number of carbonyl (C=O) groups is 1. The van der Waals surface area contributed by atoms with Crippen LogP contribution in [0.4, 0.5) is 0 Å². The molecule has 0 aliphatic heterocycles. The topological polar surface area (TPSA) is 50.1 Å². The van der Waals surface area contributed by atoms with E-state index in [1.807, 2.05) is 12.1 Å². The Balaban J connectivity index is 0.000000221. The fourth-order valence-electron chi connectivity index (χ4n) is 1.39. The number of rotatable bonds is 2. The lowest BCUT2D eigenvalue weighted by atomic mass is 10.1. The second-order valence-electron chi connectivity index (χ2n) is 3.99. The molecule has 2 aromatic carbocycles. The zero-order valence-electron chi connectivity index (χ0n) is 11.2. The van der Waals surface area contributed by atoms with Crippen LogP contribution in [0.3, 0.4) is 0 Å². The molecule has 0 heterocycles. The number of hydrogen-bond acceptors (Lipinski definition) is 3. The molecule has 3 heteroatoms. The molecule has 2 aromatic rings. The van der Waals surface area contributed by atoms with Crippen molar-refractivity contribution in [1.29, 1.82) is 5.26 Å². The van der Waals surface area contributed by atoms with Crippen molar-refractivity contribution in [3.05, 3.63) is 72.8 Å². The van der Waals surface area contributed by atoms with E-state index in [-0.39, 0.29) is 5.57 Å². The summed E-state index contributed by atoms with van der Waals surface area (Å²) in [5.41, 5.74) is 2.78. The molecule has 0 atom stereocenters. The van der Waals surface area contributed by atoms with Gasteiger partial charge in [-0.05, 0) is 18.1 Å². The van der Waals surface area contributed by atoms with Crippen molar-refractivity contribution in [2.75, 3.05) is 0 Å². The van der Waals surface area contributed by atoms with Crippen molar-refractivity contribution in [3.8, 4) is 17.4 Å². The Morgan fingerprint density at radius 2 is 1.40 bits per heavy atom. The van der Waals surface area contributed by atoms with E-state index in [9.17, 15) is 4.79 Å². The van der Waals surface area contributed by atoms with Gasteiger partial charge in [-0.2, -0.15) is 0 Å². The summed E-state index contributed by atoms with van der Waals surface area (Å²) in [4.78, 5) is 10.2. The van der Waals surface area contributed by atoms with Gasteiger partial charge in [0.15, 0.2) is 0 Å². The van der Waals surface area contributed by atoms with E-state index >= 15 is 0 Å². The molecular weight excluding hydrogens is 250 g/mol. The highest BCUT2D eigenvalue weighted by Gasteiger charge is 1.99. The number of esters is 1. The fourth-order valence-corrected chi connectivity index (χ4v) is 1.39. The summed E-state index contributed by atoms with van der Waals surface area (Å²) in [6.45, 7) is 4.72. The highest BCUT2D eigenvalue weighted by Crippen LogP contribution is 2.17. The number of nitrogens with zero attached hydrogens (tertiary/aromatic N) is 1. The monoisotopic (exact) mass is 265 g/mol. The first kappa shape index (κ1) is 15.2. The lowest BCUT2D eigenvalue weighted by molar-refractivity contribution is -0.132. The van der Waals surface area contributed by atoms with Gasteiger partial charge in [0.25, 0.3) is 6.26 Å². The number of nitriles is 1. The molecule has 0 unspecified atom stereocenters. The van der Waals surface area contributed by atoms with Crippen LogP contribution in [0.25, 0.3) is 11.1 Å². The van der Waals surface area contributed by atoms with E-state index in [4.69, 9.17) is 5.26 Å². The van der Waals surface area contributed by atoms with Crippen molar-refractivity contribution < 1.29 is 9.53 Å². The van der Waals surface area contributed by atoms with Gasteiger partial charge in [0, 0.05) is 5.57 Å². The lowest BCUT2D eigenvalue weighted by Gasteiger charge is -1.98. The van der Waals surface area contributed by atoms with Gasteiger partial charge in [-0.3, -0.25) is 0 Å². The minimum absolute atomic E-state index is 0.228. The molecule has 0 N–H and O–H groups in total. The molecular formula is C17H15NO2. The second-order valence-corrected chi connectivity index (χ2v) is 3.99. The average molecular weight is 265 g/mol. The molecule has 3 nitrogen and oxygen atoms in total. The summed E-state index contributed by atoms with van der Waals surface area (Å²) in [7, 11) is 0. The first-order chi connectivity index (χ1) is 9.65. The van der Waals surface area contributed by atoms with Crippen LogP contribution in [-0.4, -0.2) is 5.97 Å². The predicted octanol–water partition coefficient (Wildman–Crippen LogP) is 3.94. The van der Waals surface area contributed by atoms with Crippen LogP contribution >= 0.6 is 0 Å². The van der Waals surface area contributed by atoms with Crippen LogP contribution in [0.15, 0.2) is 72.8 Å². The number of carbonyl (C=O) groups excluding carboxylic acids is 1. The van der Waals surface area contributed by atoms with Gasteiger partial charge < -0.3 is 4.74 Å². The van der Waals surface area contributed by atoms with E-state index in [2.05, 4.69) is 59.8 Å². The Morgan fingerprint density at radius 3 is 1.65 bits per heavy atom. The third-order valence-electron chi connectivity index (χ3n) is 2.37. The van der Waals surface area contributed by atoms with E-state index in [1.54, 1.807) is 0 Å². The third-order valence-corrected chi connectivity index (χ3v) is 2.37. The zero-order valence-corrected chi connectivity index (χ0v) is 11.2. The summed E-state index contributed by atoms with van der Waals surface area (Å²) < 4.78 is 3.87. The van der Waals surface area contributed by atoms with Gasteiger partial charge in [-0.15, -0.1) is 5.26 Å². The van der Waals surface area contributed by atoms with Gasteiger partial charge in [0.05, 0.1) is 0 Å². The van der Waals surface area contributed by atoms with E-state index in [0.717, 1.165) is 0 Å². The summed E-state index contributed by atoms with van der Waals surface area (Å²) in [6.07, 6.45) is 1.24. The molecule has 0 fully saturated rings. The standard InChI is InChI=1S/C12H10.C5H5NO2/c1-3-7-11(8-4-1)12-9-5-2-6-10-12;1-4(2)5(7)8-3-6/h1-10H;1H2,2H3. The molecule has 0 aliphatic rings. The number of benzene rings is 2. The minimum atomic E-state index is -0.674. The van der Waals surface area contributed by atoms with Crippen molar-refractivity contribution in [2.24, 2.45) is 0 Å². The Labute approximate surface area is 118 Å². The largest absolute Gasteiger partial charge is 0.348 e. The van der Waals surface area contributed by atoms with Gasteiger partial charge in [-0.1, -0.05) is 67.2 Å². The third kappa shape index (κ3) is 5.19. The van der Waals surface area contributed by atoms with Crippen LogP contribution in [0, 0.1) is 11.5 Å². The Morgan fingerprint density at radius 1 is 1.00 bits per heavy atom. The molecule has 0 saturated carbocycles. The van der Waals surface area contributed by atoms with Gasteiger partial charge in [0.1, 0.15) is 0 Å². The quantitative estimate of drug-likeness (QED) is 0.469. The van der Waals surface area contributed by atoms with Crippen LogP contribution in [0.5, 0.6) is 0 Å². The van der Waals surface area contributed by atoms with E-state index in [0.29, 0.717) is 0 Å². The van der Waals surface area contributed by atoms with Crippen molar-refractivity contribution in [3.63, 3.8) is 0 Å². The van der Waals surface area contributed by atoms with Gasteiger partial charge >= 0.3 is 5.97 Å². The number of hydrogen-bond donors (Lipinski definition) is 0. The first-order valence-electron chi connectivity index (χ1n) is 6.01. The lowest BCUT2D eigenvalue weighted by Crippen LogP contribution is -1.98. The predicted molar refractivity (Wildman–Crippen MR) is 78.4 cm³/mol. The average Bonchev–Trinajstić information content (AvgIpc) is 2.50. The number of ether oxygens (including phenoxy) is 1. The van der Waals surface area contributed by atoms with Crippen LogP contribution < -0.4 is 0 Å². The van der Waals surface area contributed by atoms with Gasteiger partial charge in [0.2, 0.25) is 0 Å². The molecule has 100 valence electrons. The van der Waals surface area contributed by atoms with Gasteiger partial charge in [-0.25, -0.2) is 4.79 Å². The Bertz CT molecular complexity index is 560. The van der Waals surface area contributed by atoms with Crippen molar-refractivity contribution >= 4 is 5.97 Å². The molecule has 0 amide bonds. The molecule has 0 saturated heterocycles. The normalized spacial score (nSPS) is 8.60. The maximum Gasteiger partial charge on any atom is 0.348 e. The van der Waals surface area contributed by atoms with Crippen molar-refractivity contribution in [1.82, 2.24) is 0 Å². The van der Waals surface area contributed by atoms with Crippen LogP contribution in [-0.2, 0) is 9.53 Å². The van der Waals surface area contributed by atoms with E-state index in [1.165, 1.54) is 24.3 Å². The summed E-state index contributed by atoms with van der Waals surface area (Å²) in [5, 5.41) is 7.75. The molecule has 0 aromatic heterocycles.